The van der Waals surface area contributed by atoms with Gasteiger partial charge in [-0.2, -0.15) is 0 Å². The Morgan fingerprint density at radius 1 is 1.18 bits per heavy atom. The number of halogens is 1. The maximum Gasteiger partial charge on any atom is 0.343 e. The molecule has 0 spiro atoms. The van der Waals surface area contributed by atoms with Crippen LogP contribution in [0.5, 0.6) is 0 Å². The molecule has 2 aromatic carbocycles. The predicted molar refractivity (Wildman–Crippen MR) is 112 cm³/mol. The Morgan fingerprint density at radius 3 is 2.68 bits per heavy atom. The van der Waals surface area contributed by atoms with Crippen molar-refractivity contribution in [2.45, 2.75) is 24.7 Å². The molecule has 0 radical (unpaired) electrons. The summed E-state index contributed by atoms with van der Waals surface area (Å²) in [6.07, 6.45) is 0.719. The second kappa shape index (κ2) is 9.61. The molecule has 1 heterocycles. The van der Waals surface area contributed by atoms with Crippen LogP contribution in [0.2, 0.25) is 5.02 Å². The molecule has 0 aliphatic heterocycles. The van der Waals surface area contributed by atoms with Crippen molar-refractivity contribution in [2.75, 3.05) is 12.8 Å². The average Bonchev–Trinajstić information content (AvgIpc) is 3.04. The highest BCUT2D eigenvalue weighted by Gasteiger charge is 2.14. The average molecular weight is 417 g/mol. The van der Waals surface area contributed by atoms with Crippen molar-refractivity contribution >= 4 is 29.3 Å². The largest absolute Gasteiger partial charge is 0.343 e. The lowest BCUT2D eigenvalue weighted by Crippen LogP contribution is -2.28. The van der Waals surface area contributed by atoms with Gasteiger partial charge in [-0.1, -0.05) is 65.8 Å². The Kier molecular flexibility index (Phi) is 6.95. The van der Waals surface area contributed by atoms with Crippen molar-refractivity contribution in [1.29, 1.82) is 0 Å². The fourth-order valence-electron chi connectivity index (χ4n) is 2.73. The molecule has 0 atom stereocenters. The van der Waals surface area contributed by atoms with Gasteiger partial charge in [0.1, 0.15) is 0 Å². The van der Waals surface area contributed by atoms with E-state index >= 15 is 0 Å². The van der Waals surface area contributed by atoms with Crippen molar-refractivity contribution in [3.05, 3.63) is 81.2 Å². The van der Waals surface area contributed by atoms with E-state index in [4.69, 9.17) is 11.6 Å². The van der Waals surface area contributed by atoms with Crippen LogP contribution in [-0.4, -0.2) is 38.4 Å². The molecule has 0 aliphatic rings. The Bertz CT molecular complexity index is 987. The summed E-state index contributed by atoms with van der Waals surface area (Å²) in [7, 11) is 1.75. The van der Waals surface area contributed by atoms with Crippen LogP contribution in [0.4, 0.5) is 0 Å². The van der Waals surface area contributed by atoms with Gasteiger partial charge in [0, 0.05) is 25.2 Å². The minimum atomic E-state index is -0.266. The van der Waals surface area contributed by atoms with Crippen LogP contribution in [0, 0.1) is 0 Å². The fourth-order valence-corrected chi connectivity index (χ4v) is 3.86. The number of nitrogens with zero attached hydrogens (tertiary/aromatic N) is 3. The molecular weight excluding hydrogens is 396 g/mol. The summed E-state index contributed by atoms with van der Waals surface area (Å²) in [5.41, 5.74) is 1.84. The van der Waals surface area contributed by atoms with E-state index in [-0.39, 0.29) is 17.3 Å². The van der Waals surface area contributed by atoms with Gasteiger partial charge in [-0.3, -0.25) is 9.36 Å². The molecule has 0 unspecified atom stereocenters. The molecule has 1 amide bonds. The molecule has 0 aliphatic carbocycles. The van der Waals surface area contributed by atoms with Crippen LogP contribution in [0.1, 0.15) is 11.1 Å². The molecule has 0 fully saturated rings. The number of nitrogens with one attached hydrogen (secondary N) is 1. The second-order valence-corrected chi connectivity index (χ2v) is 7.75. The van der Waals surface area contributed by atoms with Crippen LogP contribution >= 0.6 is 23.4 Å². The molecule has 1 N–H and O–H groups in total. The van der Waals surface area contributed by atoms with Crippen molar-refractivity contribution in [3.8, 4) is 0 Å². The van der Waals surface area contributed by atoms with Crippen molar-refractivity contribution in [2.24, 2.45) is 0 Å². The molecular formula is C20H21ClN4O2S. The molecule has 3 aromatic rings. The summed E-state index contributed by atoms with van der Waals surface area (Å²) in [5, 5.41) is 7.69. The quantitative estimate of drug-likeness (QED) is 0.572. The zero-order valence-corrected chi connectivity index (χ0v) is 17.0. The topological polar surface area (TPSA) is 71.0 Å². The first-order valence-electron chi connectivity index (χ1n) is 8.83. The molecule has 1 aromatic heterocycles. The standard InChI is InChI=1S/C20H21ClN4O2S/c1-24(13-16-8-5-9-17(21)12-16)18(26)14-28-20-23-22-19(27)25(20)11-10-15-6-3-2-4-7-15/h2-9,12H,10-11,13-14H2,1H3,(H,22,27). The number of rotatable bonds is 8. The number of H-pyrrole nitrogens is 1. The highest BCUT2D eigenvalue weighted by molar-refractivity contribution is 7.99. The van der Waals surface area contributed by atoms with Gasteiger partial charge in [-0.25, -0.2) is 9.89 Å². The summed E-state index contributed by atoms with van der Waals surface area (Å²) in [6.45, 7) is 0.982. The van der Waals surface area contributed by atoms with E-state index in [1.165, 1.54) is 11.8 Å². The highest BCUT2D eigenvalue weighted by atomic mass is 35.5. The second-order valence-electron chi connectivity index (χ2n) is 6.37. The monoisotopic (exact) mass is 416 g/mol. The van der Waals surface area contributed by atoms with Crippen LogP contribution < -0.4 is 5.69 Å². The molecule has 0 bridgehead atoms. The van der Waals surface area contributed by atoms with Gasteiger partial charge in [-0.15, -0.1) is 5.10 Å². The maximum absolute atomic E-state index is 12.4. The molecule has 3 rings (SSSR count). The first-order valence-corrected chi connectivity index (χ1v) is 10.2. The van der Waals surface area contributed by atoms with E-state index in [1.807, 2.05) is 48.5 Å². The number of hydrogen-bond donors (Lipinski definition) is 1. The van der Waals surface area contributed by atoms with E-state index in [2.05, 4.69) is 10.2 Å². The zero-order chi connectivity index (χ0) is 19.9. The Hall–Kier alpha value is -2.51. The lowest BCUT2D eigenvalue weighted by molar-refractivity contribution is -0.127. The van der Waals surface area contributed by atoms with Crippen molar-refractivity contribution in [3.63, 3.8) is 0 Å². The number of aromatic nitrogens is 3. The highest BCUT2D eigenvalue weighted by Crippen LogP contribution is 2.16. The van der Waals surface area contributed by atoms with Gasteiger partial charge >= 0.3 is 5.69 Å². The van der Waals surface area contributed by atoms with Gasteiger partial charge in [0.25, 0.3) is 0 Å². The smallest absolute Gasteiger partial charge is 0.341 e. The van der Waals surface area contributed by atoms with Crippen LogP contribution in [0.15, 0.2) is 64.5 Å². The Morgan fingerprint density at radius 2 is 1.93 bits per heavy atom. The Labute approximate surface area is 172 Å². The number of carbonyl (C=O) groups is 1. The minimum absolute atomic E-state index is 0.0463. The number of carbonyl (C=O) groups excluding carboxylic acids is 1. The lowest BCUT2D eigenvalue weighted by Gasteiger charge is -2.17. The number of aryl methyl sites for hydroxylation is 1. The first kappa shape index (κ1) is 20.2. The zero-order valence-electron chi connectivity index (χ0n) is 15.5. The first-order chi connectivity index (χ1) is 13.5. The van der Waals surface area contributed by atoms with E-state index in [0.29, 0.717) is 23.3 Å². The summed E-state index contributed by atoms with van der Waals surface area (Å²) >= 11 is 7.25. The number of aromatic amines is 1. The van der Waals surface area contributed by atoms with Crippen LogP contribution in [-0.2, 0) is 24.3 Å². The third kappa shape index (κ3) is 5.50. The van der Waals surface area contributed by atoms with Crippen LogP contribution in [0.3, 0.4) is 0 Å². The van der Waals surface area contributed by atoms with E-state index in [0.717, 1.165) is 17.5 Å². The van der Waals surface area contributed by atoms with E-state index in [1.54, 1.807) is 22.6 Å². The summed E-state index contributed by atoms with van der Waals surface area (Å²) in [4.78, 5) is 26.1. The summed E-state index contributed by atoms with van der Waals surface area (Å²) in [6, 6.07) is 17.4. The molecule has 28 heavy (non-hydrogen) atoms. The van der Waals surface area contributed by atoms with Gasteiger partial charge in [0.15, 0.2) is 5.16 Å². The SMILES string of the molecule is CN(Cc1cccc(Cl)c1)C(=O)CSc1n[nH]c(=O)n1CCc1ccccc1. The number of amides is 1. The minimum Gasteiger partial charge on any atom is -0.341 e. The summed E-state index contributed by atoms with van der Waals surface area (Å²) < 4.78 is 1.57. The molecule has 146 valence electrons. The molecule has 8 heteroatoms. The van der Waals surface area contributed by atoms with E-state index < -0.39 is 0 Å². The summed E-state index contributed by atoms with van der Waals surface area (Å²) in [5.74, 6) is 0.155. The third-order valence-electron chi connectivity index (χ3n) is 4.25. The third-order valence-corrected chi connectivity index (χ3v) is 5.45. The van der Waals surface area contributed by atoms with Gasteiger partial charge in [-0.05, 0) is 29.7 Å². The Balaban J connectivity index is 1.56. The van der Waals surface area contributed by atoms with Gasteiger partial charge < -0.3 is 4.90 Å². The van der Waals surface area contributed by atoms with Crippen LogP contribution in [0.25, 0.3) is 0 Å². The molecule has 0 saturated heterocycles. The number of thioether (sulfide) groups is 1. The molecule has 0 saturated carbocycles. The van der Waals surface area contributed by atoms with Crippen molar-refractivity contribution < 1.29 is 4.79 Å². The maximum atomic E-state index is 12.4. The lowest BCUT2D eigenvalue weighted by atomic mass is 10.1. The fraction of sp³-hybridized carbons (Fsp3) is 0.250. The number of benzene rings is 2. The molecule has 6 nitrogen and oxygen atoms in total. The van der Waals surface area contributed by atoms with E-state index in [9.17, 15) is 9.59 Å². The number of hydrogen-bond acceptors (Lipinski definition) is 4. The van der Waals surface area contributed by atoms with Gasteiger partial charge in [0.05, 0.1) is 5.75 Å². The van der Waals surface area contributed by atoms with Crippen molar-refractivity contribution in [1.82, 2.24) is 19.7 Å². The normalized spacial score (nSPS) is 10.8. The predicted octanol–water partition coefficient (Wildman–Crippen LogP) is 3.22. The van der Waals surface area contributed by atoms with Gasteiger partial charge in [0.2, 0.25) is 5.91 Å².